The summed E-state index contributed by atoms with van der Waals surface area (Å²) >= 11 is 1.55. The Morgan fingerprint density at radius 2 is 2.24 bits per heavy atom. The molecule has 0 bridgehead atoms. The van der Waals surface area contributed by atoms with Crippen molar-refractivity contribution in [3.05, 3.63) is 56.3 Å². The predicted octanol–water partition coefficient (Wildman–Crippen LogP) is 2.84. The van der Waals surface area contributed by atoms with Crippen LogP contribution < -0.4 is 4.90 Å². The fraction of sp³-hybridized carbons (Fsp3) is 0.214. The van der Waals surface area contributed by atoms with Crippen LogP contribution in [0.4, 0.5) is 11.4 Å². The van der Waals surface area contributed by atoms with Gasteiger partial charge in [0.1, 0.15) is 0 Å². The minimum absolute atomic E-state index is 0.0345. The third-order valence-corrected chi connectivity index (χ3v) is 4.57. The van der Waals surface area contributed by atoms with Crippen molar-refractivity contribution in [2.24, 2.45) is 0 Å². The average Bonchev–Trinajstić information content (AvgIpc) is 2.94. The van der Waals surface area contributed by atoms with Crippen molar-refractivity contribution in [1.82, 2.24) is 0 Å². The van der Waals surface area contributed by atoms with Crippen molar-refractivity contribution in [2.75, 3.05) is 11.4 Å². The maximum atomic E-state index is 11.6. The summed E-state index contributed by atoms with van der Waals surface area (Å²) in [5.74, 6) is -0.944. The van der Waals surface area contributed by atoms with Gasteiger partial charge in [0.15, 0.2) is 6.04 Å². The van der Waals surface area contributed by atoms with Gasteiger partial charge in [-0.05, 0) is 29.5 Å². The third-order valence-electron chi connectivity index (χ3n) is 3.57. The molecule has 0 fully saturated rings. The molecule has 0 saturated heterocycles. The highest BCUT2D eigenvalue weighted by Crippen LogP contribution is 2.37. The molecule has 7 heteroatoms. The first kappa shape index (κ1) is 13.6. The van der Waals surface area contributed by atoms with E-state index >= 15 is 0 Å². The molecule has 1 aromatic carbocycles. The Morgan fingerprint density at radius 3 is 2.95 bits per heavy atom. The van der Waals surface area contributed by atoms with Crippen molar-refractivity contribution in [1.29, 1.82) is 0 Å². The van der Waals surface area contributed by atoms with E-state index in [2.05, 4.69) is 0 Å². The van der Waals surface area contributed by atoms with E-state index in [0.29, 0.717) is 12.2 Å². The Labute approximate surface area is 124 Å². The third kappa shape index (κ3) is 2.36. The van der Waals surface area contributed by atoms with Gasteiger partial charge >= 0.3 is 5.97 Å². The summed E-state index contributed by atoms with van der Waals surface area (Å²) in [6.07, 6.45) is 0.749. The Balaban J connectivity index is 2.04. The molecule has 21 heavy (non-hydrogen) atoms. The first-order valence-electron chi connectivity index (χ1n) is 6.38. The second-order valence-electron chi connectivity index (χ2n) is 4.76. The van der Waals surface area contributed by atoms with Crippen LogP contribution in [0.15, 0.2) is 35.7 Å². The number of carboxylic acid groups (broad SMARTS) is 1. The van der Waals surface area contributed by atoms with Crippen molar-refractivity contribution < 1.29 is 14.8 Å². The molecule has 1 N–H and O–H groups in total. The number of non-ortho nitro benzene ring substituents is 1. The number of rotatable bonds is 3. The van der Waals surface area contributed by atoms with E-state index in [1.165, 1.54) is 12.1 Å². The molecule has 1 aliphatic heterocycles. The van der Waals surface area contributed by atoms with Crippen LogP contribution in [-0.2, 0) is 11.2 Å². The molecule has 0 spiro atoms. The summed E-state index contributed by atoms with van der Waals surface area (Å²) in [4.78, 5) is 24.8. The number of hydrogen-bond donors (Lipinski definition) is 1. The van der Waals surface area contributed by atoms with Gasteiger partial charge in [-0.25, -0.2) is 4.79 Å². The number of hydrogen-bond acceptors (Lipinski definition) is 5. The minimum Gasteiger partial charge on any atom is -0.479 e. The van der Waals surface area contributed by atoms with Gasteiger partial charge in [0, 0.05) is 29.2 Å². The van der Waals surface area contributed by atoms with Crippen LogP contribution in [-0.4, -0.2) is 22.5 Å². The number of fused-ring (bicyclic) bond motifs is 1. The maximum absolute atomic E-state index is 11.6. The largest absolute Gasteiger partial charge is 0.479 e. The molecule has 2 aromatic rings. The van der Waals surface area contributed by atoms with Crippen LogP contribution in [0.25, 0.3) is 0 Å². The highest BCUT2D eigenvalue weighted by atomic mass is 32.1. The monoisotopic (exact) mass is 304 g/mol. The van der Waals surface area contributed by atoms with Crippen LogP contribution >= 0.6 is 11.3 Å². The molecule has 6 nitrogen and oxygen atoms in total. The molecule has 3 rings (SSSR count). The summed E-state index contributed by atoms with van der Waals surface area (Å²) < 4.78 is 0. The van der Waals surface area contributed by atoms with Crippen molar-refractivity contribution in [2.45, 2.75) is 12.5 Å². The number of nitrogens with zero attached hydrogens (tertiary/aromatic N) is 2. The average molecular weight is 304 g/mol. The molecule has 0 radical (unpaired) electrons. The lowest BCUT2D eigenvalue weighted by atomic mass is 9.99. The summed E-state index contributed by atoms with van der Waals surface area (Å²) in [5.41, 5.74) is 1.31. The molecule has 1 aromatic heterocycles. The zero-order valence-electron chi connectivity index (χ0n) is 10.9. The number of carbonyl (C=O) groups is 1. The number of nitro benzene ring substituents is 1. The Hall–Kier alpha value is -2.41. The number of carboxylic acids is 1. The second-order valence-corrected chi connectivity index (χ2v) is 5.76. The van der Waals surface area contributed by atoms with Crippen LogP contribution in [0.3, 0.4) is 0 Å². The normalized spacial score (nSPS) is 17.3. The highest BCUT2D eigenvalue weighted by molar-refractivity contribution is 7.10. The van der Waals surface area contributed by atoms with Gasteiger partial charge in [0.2, 0.25) is 0 Å². The quantitative estimate of drug-likeness (QED) is 0.696. The van der Waals surface area contributed by atoms with Crippen LogP contribution in [0, 0.1) is 10.1 Å². The number of benzene rings is 1. The fourth-order valence-electron chi connectivity index (χ4n) is 2.65. The minimum atomic E-state index is -0.944. The zero-order valence-corrected chi connectivity index (χ0v) is 11.7. The molecule has 0 saturated carbocycles. The number of anilines is 1. The molecular weight excluding hydrogens is 292 g/mol. The molecule has 1 atom stereocenters. The molecule has 1 unspecified atom stereocenters. The van der Waals surface area contributed by atoms with E-state index in [0.717, 1.165) is 16.9 Å². The van der Waals surface area contributed by atoms with E-state index in [1.807, 2.05) is 11.4 Å². The van der Waals surface area contributed by atoms with Crippen LogP contribution in [0.5, 0.6) is 0 Å². The smallest absolute Gasteiger partial charge is 0.331 e. The Kier molecular flexibility index (Phi) is 3.34. The van der Waals surface area contributed by atoms with E-state index in [-0.39, 0.29) is 5.69 Å². The topological polar surface area (TPSA) is 83.7 Å². The van der Waals surface area contributed by atoms with Crippen molar-refractivity contribution in [3.8, 4) is 0 Å². The summed E-state index contributed by atoms with van der Waals surface area (Å²) in [7, 11) is 0. The van der Waals surface area contributed by atoms with Gasteiger partial charge < -0.3 is 10.0 Å². The van der Waals surface area contributed by atoms with Gasteiger partial charge in [0.25, 0.3) is 5.69 Å². The van der Waals surface area contributed by atoms with E-state index in [4.69, 9.17) is 0 Å². The van der Waals surface area contributed by atoms with Crippen molar-refractivity contribution in [3.63, 3.8) is 0 Å². The molecule has 0 aliphatic carbocycles. The standard InChI is InChI=1S/C14H12N2O4S/c17-14(18)13-11-5-7-21-12(11)4-6-15(13)9-2-1-3-10(8-9)16(19)20/h1-3,5,7-8,13H,4,6H2,(H,17,18). The van der Waals surface area contributed by atoms with E-state index in [9.17, 15) is 20.0 Å². The Morgan fingerprint density at radius 1 is 1.43 bits per heavy atom. The molecular formula is C14H12N2O4S. The predicted molar refractivity (Wildman–Crippen MR) is 78.8 cm³/mol. The zero-order chi connectivity index (χ0) is 15.0. The summed E-state index contributed by atoms with van der Waals surface area (Å²) in [6.45, 7) is 0.533. The molecule has 0 amide bonds. The number of thiophene rings is 1. The summed E-state index contributed by atoms with van der Waals surface area (Å²) in [5, 5.41) is 22.3. The first-order valence-corrected chi connectivity index (χ1v) is 7.26. The lowest BCUT2D eigenvalue weighted by molar-refractivity contribution is -0.384. The number of nitro groups is 1. The second kappa shape index (κ2) is 5.17. The van der Waals surface area contributed by atoms with Gasteiger partial charge in [-0.3, -0.25) is 10.1 Å². The van der Waals surface area contributed by atoms with Gasteiger partial charge in [-0.2, -0.15) is 0 Å². The fourth-order valence-corrected chi connectivity index (χ4v) is 3.55. The van der Waals surface area contributed by atoms with E-state index < -0.39 is 16.9 Å². The van der Waals surface area contributed by atoms with Gasteiger partial charge in [0.05, 0.1) is 4.92 Å². The molecule has 108 valence electrons. The van der Waals surface area contributed by atoms with Crippen LogP contribution in [0.1, 0.15) is 16.5 Å². The Bertz CT molecular complexity index is 713. The lowest BCUT2D eigenvalue weighted by Gasteiger charge is -2.34. The SMILES string of the molecule is O=C(O)C1c2ccsc2CCN1c1cccc([N+](=O)[O-])c1. The summed E-state index contributed by atoms with van der Waals surface area (Å²) in [6, 6.07) is 7.15. The van der Waals surface area contributed by atoms with Crippen molar-refractivity contribution >= 4 is 28.7 Å². The van der Waals surface area contributed by atoms with E-state index in [1.54, 1.807) is 28.4 Å². The molecule has 2 heterocycles. The maximum Gasteiger partial charge on any atom is 0.331 e. The molecule has 1 aliphatic rings. The highest BCUT2D eigenvalue weighted by Gasteiger charge is 2.34. The lowest BCUT2D eigenvalue weighted by Crippen LogP contribution is -2.39. The van der Waals surface area contributed by atoms with Gasteiger partial charge in [-0.1, -0.05) is 6.07 Å². The number of aliphatic carboxylic acids is 1. The van der Waals surface area contributed by atoms with Gasteiger partial charge in [-0.15, -0.1) is 11.3 Å². The van der Waals surface area contributed by atoms with Crippen LogP contribution in [0.2, 0.25) is 0 Å². The first-order chi connectivity index (χ1) is 10.1.